The summed E-state index contributed by atoms with van der Waals surface area (Å²) in [6.07, 6.45) is 0.703. The first kappa shape index (κ1) is 18.4. The van der Waals surface area contributed by atoms with Crippen molar-refractivity contribution in [2.75, 3.05) is 6.54 Å². The third-order valence-electron chi connectivity index (χ3n) is 3.78. The molecule has 3 aromatic rings. The zero-order chi connectivity index (χ0) is 18.4. The van der Waals surface area contributed by atoms with Gasteiger partial charge in [-0.15, -0.1) is 0 Å². The number of carbonyl (C=O) groups is 1. The maximum Gasteiger partial charge on any atom is 0.287 e. The maximum absolute atomic E-state index is 12.3. The first-order valence-corrected chi connectivity index (χ1v) is 9.86. The Morgan fingerprint density at radius 1 is 1.00 bits per heavy atom. The highest BCUT2D eigenvalue weighted by molar-refractivity contribution is 7.84. The van der Waals surface area contributed by atoms with Gasteiger partial charge in [0, 0.05) is 16.5 Å². The molecule has 1 aromatic heterocycles. The van der Waals surface area contributed by atoms with Crippen molar-refractivity contribution in [3.8, 4) is 0 Å². The molecule has 0 fully saturated rings. The normalized spacial score (nSPS) is 11.9. The molecule has 2 aromatic carbocycles. The lowest BCUT2D eigenvalue weighted by molar-refractivity contribution is 0.0925. The van der Waals surface area contributed by atoms with Crippen molar-refractivity contribution in [1.82, 2.24) is 5.32 Å². The number of benzene rings is 2. The van der Waals surface area contributed by atoms with Crippen LogP contribution in [-0.2, 0) is 23.0 Å². The summed E-state index contributed by atoms with van der Waals surface area (Å²) in [5.74, 6) is 0.703. The van der Waals surface area contributed by atoms with E-state index in [4.69, 9.17) is 16.0 Å². The van der Waals surface area contributed by atoms with E-state index in [2.05, 4.69) is 5.32 Å². The Bertz CT molecular complexity index is 891. The second-order valence-electron chi connectivity index (χ2n) is 5.70. The van der Waals surface area contributed by atoms with Crippen molar-refractivity contribution in [3.63, 3.8) is 0 Å². The summed E-state index contributed by atoms with van der Waals surface area (Å²) in [6.45, 7) is 0.493. The predicted octanol–water partition coefficient (Wildman–Crippen LogP) is 4.21. The van der Waals surface area contributed by atoms with Crippen molar-refractivity contribution < 1.29 is 13.4 Å². The number of hydrogen-bond acceptors (Lipinski definition) is 3. The molecule has 1 amide bonds. The fraction of sp³-hybridized carbons (Fsp3) is 0.150. The number of nitrogens with one attached hydrogen (secondary N) is 1. The van der Waals surface area contributed by atoms with E-state index < -0.39 is 10.8 Å². The molecule has 26 heavy (non-hydrogen) atoms. The molecule has 1 heterocycles. The molecular formula is C20H18ClNO3S. The van der Waals surface area contributed by atoms with Crippen molar-refractivity contribution in [2.45, 2.75) is 17.1 Å². The molecule has 0 saturated carbocycles. The zero-order valence-electron chi connectivity index (χ0n) is 14.0. The predicted molar refractivity (Wildman–Crippen MR) is 103 cm³/mol. The average Bonchev–Trinajstić information content (AvgIpc) is 3.12. The van der Waals surface area contributed by atoms with Gasteiger partial charge in [-0.25, -0.2) is 0 Å². The highest BCUT2D eigenvalue weighted by Gasteiger charge is 2.13. The molecule has 134 valence electrons. The molecule has 4 nitrogen and oxygen atoms in total. The molecule has 6 heteroatoms. The summed E-state index contributed by atoms with van der Waals surface area (Å²) in [4.78, 5) is 12.9. The van der Waals surface area contributed by atoms with Gasteiger partial charge >= 0.3 is 0 Å². The smallest absolute Gasteiger partial charge is 0.287 e. The summed E-state index contributed by atoms with van der Waals surface area (Å²) >= 11 is 5.85. The summed E-state index contributed by atoms with van der Waals surface area (Å²) in [7, 11) is -1.20. The van der Waals surface area contributed by atoms with E-state index in [1.807, 2.05) is 54.6 Å². The maximum atomic E-state index is 12.3. The molecule has 0 bridgehead atoms. The standard InChI is InChI=1S/C20H18ClNO3S/c21-16-8-6-15(7-9-16)12-13-22-20(23)19-11-10-17(25-19)14-26(24)18-4-2-1-3-5-18/h1-11H,12-14H2,(H,22,23)/t26-/m0/s1. The second kappa shape index (κ2) is 8.83. The first-order valence-electron chi connectivity index (χ1n) is 8.16. The van der Waals surface area contributed by atoms with Crippen LogP contribution in [0.15, 0.2) is 76.0 Å². The van der Waals surface area contributed by atoms with Crippen LogP contribution in [-0.4, -0.2) is 16.7 Å². The van der Waals surface area contributed by atoms with Crippen LogP contribution in [0, 0.1) is 0 Å². The van der Waals surface area contributed by atoms with Crippen LogP contribution >= 0.6 is 11.6 Å². The van der Waals surface area contributed by atoms with Crippen LogP contribution in [0.4, 0.5) is 0 Å². The highest BCUT2D eigenvalue weighted by atomic mass is 35.5. The van der Waals surface area contributed by atoms with Crippen molar-refractivity contribution in [3.05, 3.63) is 88.8 Å². The van der Waals surface area contributed by atoms with Gasteiger partial charge in [-0.1, -0.05) is 41.9 Å². The van der Waals surface area contributed by atoms with Crippen LogP contribution in [0.3, 0.4) is 0 Å². The third kappa shape index (κ3) is 5.07. The summed E-state index contributed by atoms with van der Waals surface area (Å²) in [5.41, 5.74) is 1.09. The molecule has 0 aliphatic rings. The number of halogens is 1. The van der Waals surface area contributed by atoms with Crippen LogP contribution in [0.1, 0.15) is 21.9 Å². The van der Waals surface area contributed by atoms with E-state index in [1.165, 1.54) is 0 Å². The minimum atomic E-state index is -1.20. The first-order chi connectivity index (χ1) is 12.6. The van der Waals surface area contributed by atoms with Crippen molar-refractivity contribution in [1.29, 1.82) is 0 Å². The van der Waals surface area contributed by atoms with Gasteiger partial charge in [0.15, 0.2) is 5.76 Å². The van der Waals surface area contributed by atoms with Gasteiger partial charge < -0.3 is 9.73 Å². The van der Waals surface area contributed by atoms with Gasteiger partial charge in [0.1, 0.15) is 5.76 Å². The van der Waals surface area contributed by atoms with Crippen molar-refractivity contribution >= 4 is 28.3 Å². The topological polar surface area (TPSA) is 59.3 Å². The van der Waals surface area contributed by atoms with E-state index in [-0.39, 0.29) is 17.4 Å². The highest BCUT2D eigenvalue weighted by Crippen LogP contribution is 2.15. The van der Waals surface area contributed by atoms with Gasteiger partial charge in [0.2, 0.25) is 0 Å². The minimum absolute atomic E-state index is 0.223. The molecule has 0 saturated heterocycles. The van der Waals surface area contributed by atoms with Gasteiger partial charge in [-0.05, 0) is 48.4 Å². The van der Waals surface area contributed by atoms with Crippen LogP contribution in [0.5, 0.6) is 0 Å². The molecule has 0 radical (unpaired) electrons. The molecule has 0 spiro atoms. The summed E-state index contributed by atoms with van der Waals surface area (Å²) in [6, 6.07) is 20.0. The number of rotatable bonds is 7. The number of amides is 1. The Kier molecular flexibility index (Phi) is 6.26. The lowest BCUT2D eigenvalue weighted by atomic mass is 10.1. The lowest BCUT2D eigenvalue weighted by Gasteiger charge is -2.04. The van der Waals surface area contributed by atoms with Gasteiger partial charge in [-0.3, -0.25) is 9.00 Å². The Labute approximate surface area is 159 Å². The second-order valence-corrected chi connectivity index (χ2v) is 7.59. The Hall–Kier alpha value is -2.37. The molecule has 0 aliphatic carbocycles. The van der Waals surface area contributed by atoms with Gasteiger partial charge in [0.25, 0.3) is 5.91 Å². The van der Waals surface area contributed by atoms with Crippen LogP contribution < -0.4 is 5.32 Å². The number of furan rings is 1. The minimum Gasteiger partial charge on any atom is -0.455 e. The molecule has 1 N–H and O–H groups in total. The van der Waals surface area contributed by atoms with Crippen LogP contribution in [0.2, 0.25) is 5.02 Å². The van der Waals surface area contributed by atoms with Crippen molar-refractivity contribution in [2.24, 2.45) is 0 Å². The summed E-state index contributed by atoms with van der Waals surface area (Å²) in [5, 5.41) is 3.51. The fourth-order valence-corrected chi connectivity index (χ4v) is 3.59. The molecule has 1 atom stereocenters. The van der Waals surface area contributed by atoms with E-state index in [0.717, 1.165) is 10.5 Å². The largest absolute Gasteiger partial charge is 0.455 e. The monoisotopic (exact) mass is 387 g/mol. The Balaban J connectivity index is 1.51. The molecular weight excluding hydrogens is 370 g/mol. The third-order valence-corrected chi connectivity index (χ3v) is 5.37. The zero-order valence-corrected chi connectivity index (χ0v) is 15.6. The number of hydrogen-bond donors (Lipinski definition) is 1. The lowest BCUT2D eigenvalue weighted by Crippen LogP contribution is -2.25. The van der Waals surface area contributed by atoms with E-state index in [0.29, 0.717) is 23.7 Å². The average molecular weight is 388 g/mol. The SMILES string of the molecule is O=C(NCCc1ccc(Cl)cc1)c1ccc(C[S@](=O)c2ccccc2)o1. The van der Waals surface area contributed by atoms with E-state index >= 15 is 0 Å². The summed E-state index contributed by atoms with van der Waals surface area (Å²) < 4.78 is 17.8. The number of carbonyl (C=O) groups excluding carboxylic acids is 1. The fourth-order valence-electron chi connectivity index (χ4n) is 2.42. The van der Waals surface area contributed by atoms with E-state index in [9.17, 15) is 9.00 Å². The van der Waals surface area contributed by atoms with E-state index in [1.54, 1.807) is 12.1 Å². The Morgan fingerprint density at radius 3 is 2.46 bits per heavy atom. The molecule has 0 aliphatic heterocycles. The van der Waals surface area contributed by atoms with Crippen LogP contribution in [0.25, 0.3) is 0 Å². The quantitative estimate of drug-likeness (QED) is 0.660. The van der Waals surface area contributed by atoms with Gasteiger partial charge in [0.05, 0.1) is 16.6 Å². The molecule has 0 unspecified atom stereocenters. The Morgan fingerprint density at radius 2 is 1.73 bits per heavy atom. The molecule has 3 rings (SSSR count). The van der Waals surface area contributed by atoms with Gasteiger partial charge in [-0.2, -0.15) is 0 Å².